The number of hydrogen-bond acceptors (Lipinski definition) is 5. The number of anilines is 1. The molecule has 0 saturated heterocycles. The first-order chi connectivity index (χ1) is 13.0. The molecule has 4 nitrogen and oxygen atoms in total. The van der Waals surface area contributed by atoms with Gasteiger partial charge in [0.2, 0.25) is 0 Å². The molecule has 138 valence electrons. The zero-order valence-corrected chi connectivity index (χ0v) is 16.2. The number of nitrogens with zero attached hydrogens (tertiary/aromatic N) is 1. The van der Waals surface area contributed by atoms with E-state index in [1.165, 1.54) is 22.5 Å². The maximum absolute atomic E-state index is 10.7. The predicted molar refractivity (Wildman–Crippen MR) is 110 cm³/mol. The van der Waals surface area contributed by atoms with E-state index >= 15 is 0 Å². The van der Waals surface area contributed by atoms with Gasteiger partial charge in [0.25, 0.3) is 0 Å². The first kappa shape index (κ1) is 16.8. The molecule has 0 bridgehead atoms. The number of likely N-dealkylation sites (N-methyl/N-ethyl adjacent to an activating group) is 1. The summed E-state index contributed by atoms with van der Waals surface area (Å²) >= 11 is 1.53. The molecule has 1 aliphatic carbocycles. The van der Waals surface area contributed by atoms with Crippen molar-refractivity contribution in [2.45, 2.75) is 25.1 Å². The monoisotopic (exact) mass is 378 g/mol. The van der Waals surface area contributed by atoms with E-state index in [4.69, 9.17) is 0 Å². The van der Waals surface area contributed by atoms with E-state index in [0.29, 0.717) is 6.04 Å². The molecule has 27 heavy (non-hydrogen) atoms. The second kappa shape index (κ2) is 6.09. The Hall–Kier alpha value is -2.34. The molecule has 2 unspecified atom stereocenters. The second-order valence-corrected chi connectivity index (χ2v) is 8.58. The third-order valence-electron chi connectivity index (χ3n) is 5.82. The first-order valence-electron chi connectivity index (χ1n) is 9.20. The maximum Gasteiger partial charge on any atom is 0.160 e. The number of fused-ring (bicyclic) bond motifs is 4. The van der Waals surface area contributed by atoms with Crippen LogP contribution in [0.4, 0.5) is 5.69 Å². The fourth-order valence-electron chi connectivity index (χ4n) is 4.35. The summed E-state index contributed by atoms with van der Waals surface area (Å²) in [7, 11) is 4.26. The van der Waals surface area contributed by atoms with E-state index in [1.807, 2.05) is 17.5 Å². The number of phenols is 1. The zero-order chi connectivity index (χ0) is 18.7. The van der Waals surface area contributed by atoms with Crippen LogP contribution in [0, 0.1) is 0 Å². The highest BCUT2D eigenvalue weighted by Gasteiger charge is 2.29. The van der Waals surface area contributed by atoms with Crippen molar-refractivity contribution in [3.05, 3.63) is 57.8 Å². The lowest BCUT2D eigenvalue weighted by Crippen LogP contribution is -2.27. The van der Waals surface area contributed by atoms with Crippen LogP contribution in [0.2, 0.25) is 0 Å². The minimum Gasteiger partial charge on any atom is -0.507 e. The molecule has 0 spiro atoms. The standard InChI is InChI=1S/C22H22N2O2S/c1-24(2)15-10-12-3-4-13(9-14(12)11-15)19-18(25)6-5-17-20(19)16-7-8-27-21(16)22(26)23-17/h3-9,15,22-23,25-26H,10-11H2,1-2H3. The van der Waals surface area contributed by atoms with E-state index in [2.05, 4.69) is 42.5 Å². The normalized spacial score (nSPS) is 20.1. The summed E-state index contributed by atoms with van der Waals surface area (Å²) in [5.74, 6) is 0.270. The van der Waals surface area contributed by atoms with Gasteiger partial charge in [0, 0.05) is 28.4 Å². The van der Waals surface area contributed by atoms with Gasteiger partial charge < -0.3 is 20.4 Å². The Morgan fingerprint density at radius 1 is 1.04 bits per heavy atom. The van der Waals surface area contributed by atoms with Gasteiger partial charge in [-0.1, -0.05) is 18.2 Å². The van der Waals surface area contributed by atoms with Crippen LogP contribution in [0.5, 0.6) is 5.75 Å². The quantitative estimate of drug-likeness (QED) is 0.584. The second-order valence-electron chi connectivity index (χ2n) is 7.64. The molecule has 1 aliphatic heterocycles. The van der Waals surface area contributed by atoms with Gasteiger partial charge >= 0.3 is 0 Å². The van der Waals surface area contributed by atoms with E-state index in [0.717, 1.165) is 45.7 Å². The highest BCUT2D eigenvalue weighted by atomic mass is 32.1. The van der Waals surface area contributed by atoms with Crippen molar-refractivity contribution in [2.75, 3.05) is 19.4 Å². The highest BCUT2D eigenvalue weighted by molar-refractivity contribution is 7.10. The van der Waals surface area contributed by atoms with Crippen molar-refractivity contribution in [2.24, 2.45) is 0 Å². The van der Waals surface area contributed by atoms with Crippen molar-refractivity contribution in [1.82, 2.24) is 4.90 Å². The average molecular weight is 378 g/mol. The summed E-state index contributed by atoms with van der Waals surface area (Å²) in [5, 5.41) is 26.3. The van der Waals surface area contributed by atoms with Crippen molar-refractivity contribution in [3.8, 4) is 28.0 Å². The Bertz CT molecular complexity index is 1040. The van der Waals surface area contributed by atoms with Crippen LogP contribution in [0.25, 0.3) is 22.3 Å². The molecule has 2 aliphatic rings. The molecule has 0 amide bonds. The molecule has 5 rings (SSSR count). The van der Waals surface area contributed by atoms with Crippen LogP contribution in [0.3, 0.4) is 0 Å². The van der Waals surface area contributed by atoms with Crippen molar-refractivity contribution < 1.29 is 10.2 Å². The largest absolute Gasteiger partial charge is 0.507 e. The number of phenolic OH excluding ortho intramolecular Hbond substituents is 1. The maximum atomic E-state index is 10.7. The van der Waals surface area contributed by atoms with Crippen LogP contribution in [0.1, 0.15) is 22.2 Å². The van der Waals surface area contributed by atoms with Gasteiger partial charge in [0.05, 0.1) is 4.88 Å². The molecule has 5 heteroatoms. The summed E-state index contributed by atoms with van der Waals surface area (Å²) in [6.07, 6.45) is 1.40. The number of aromatic hydroxyl groups is 1. The Morgan fingerprint density at radius 3 is 2.67 bits per heavy atom. The number of nitrogens with one attached hydrogen (secondary N) is 1. The molecule has 2 atom stereocenters. The zero-order valence-electron chi connectivity index (χ0n) is 15.4. The molecule has 0 saturated carbocycles. The van der Waals surface area contributed by atoms with Gasteiger partial charge in [0.15, 0.2) is 6.23 Å². The summed E-state index contributed by atoms with van der Waals surface area (Å²) in [6.45, 7) is 0. The number of rotatable bonds is 2. The molecule has 3 aromatic rings. The van der Waals surface area contributed by atoms with Gasteiger partial charge in [-0.05, 0) is 67.2 Å². The minimum atomic E-state index is -0.703. The molecular weight excluding hydrogens is 356 g/mol. The van der Waals surface area contributed by atoms with Crippen molar-refractivity contribution >= 4 is 17.0 Å². The molecule has 0 radical (unpaired) electrons. The number of benzene rings is 2. The minimum absolute atomic E-state index is 0.270. The summed E-state index contributed by atoms with van der Waals surface area (Å²) < 4.78 is 0. The predicted octanol–water partition coefficient (Wildman–Crippen LogP) is 4.23. The highest BCUT2D eigenvalue weighted by Crippen LogP contribution is 2.50. The van der Waals surface area contributed by atoms with Crippen LogP contribution < -0.4 is 5.32 Å². The number of aliphatic hydroxyl groups excluding tert-OH is 1. The fraction of sp³-hybridized carbons (Fsp3) is 0.273. The molecule has 0 fully saturated rings. The lowest BCUT2D eigenvalue weighted by Gasteiger charge is -2.26. The smallest absolute Gasteiger partial charge is 0.160 e. The fourth-order valence-corrected chi connectivity index (χ4v) is 5.19. The van der Waals surface area contributed by atoms with Crippen LogP contribution in [-0.4, -0.2) is 35.3 Å². The topological polar surface area (TPSA) is 55.7 Å². The van der Waals surface area contributed by atoms with Crippen molar-refractivity contribution in [3.63, 3.8) is 0 Å². The third kappa shape index (κ3) is 2.57. The van der Waals surface area contributed by atoms with Gasteiger partial charge in [-0.2, -0.15) is 0 Å². The lowest BCUT2D eigenvalue weighted by molar-refractivity contribution is 0.211. The number of aliphatic hydroxyl groups is 1. The summed E-state index contributed by atoms with van der Waals surface area (Å²) in [6, 6.07) is 12.7. The molecule has 2 aromatic carbocycles. The van der Waals surface area contributed by atoms with E-state index in [9.17, 15) is 10.2 Å². The van der Waals surface area contributed by atoms with Gasteiger partial charge in [-0.25, -0.2) is 0 Å². The average Bonchev–Trinajstić information content (AvgIpc) is 3.29. The number of thiophene rings is 1. The van der Waals surface area contributed by atoms with E-state index in [1.54, 1.807) is 6.07 Å². The van der Waals surface area contributed by atoms with Crippen LogP contribution in [-0.2, 0) is 12.8 Å². The summed E-state index contributed by atoms with van der Waals surface area (Å²) in [4.78, 5) is 3.17. The van der Waals surface area contributed by atoms with Crippen LogP contribution >= 0.6 is 11.3 Å². The van der Waals surface area contributed by atoms with E-state index in [-0.39, 0.29) is 5.75 Å². The summed E-state index contributed by atoms with van der Waals surface area (Å²) in [5.41, 5.74) is 7.44. The van der Waals surface area contributed by atoms with Gasteiger partial charge in [-0.3, -0.25) is 0 Å². The third-order valence-corrected chi connectivity index (χ3v) is 6.79. The van der Waals surface area contributed by atoms with Crippen LogP contribution in [0.15, 0.2) is 41.8 Å². The molecule has 1 aromatic heterocycles. The molecular formula is C22H22N2O2S. The Morgan fingerprint density at radius 2 is 1.85 bits per heavy atom. The van der Waals surface area contributed by atoms with Gasteiger partial charge in [0.1, 0.15) is 5.75 Å². The Labute approximate surface area is 162 Å². The Kier molecular flexibility index (Phi) is 3.79. The first-order valence-corrected chi connectivity index (χ1v) is 10.1. The Balaban J connectivity index is 1.67. The SMILES string of the molecule is CN(C)C1Cc2ccc(-c3c(O)ccc4c3-c3ccsc3C(O)N4)cc2C1. The molecule has 3 N–H and O–H groups in total. The van der Waals surface area contributed by atoms with Crippen molar-refractivity contribution in [1.29, 1.82) is 0 Å². The van der Waals surface area contributed by atoms with E-state index < -0.39 is 6.23 Å². The van der Waals surface area contributed by atoms with Gasteiger partial charge in [-0.15, -0.1) is 11.3 Å². The number of hydrogen-bond donors (Lipinski definition) is 3. The lowest BCUT2D eigenvalue weighted by atomic mass is 9.89. The molecule has 2 heterocycles.